The molecular weight excluding hydrogens is 221 g/mol. The van der Waals surface area contributed by atoms with Crippen LogP contribution in [0.5, 0.6) is 0 Å². The van der Waals surface area contributed by atoms with Gasteiger partial charge in [0, 0.05) is 27.7 Å². The first-order valence-electron chi connectivity index (χ1n) is 5.38. The molecule has 1 atom stereocenters. The van der Waals surface area contributed by atoms with Gasteiger partial charge in [-0.3, -0.25) is 4.99 Å². The van der Waals surface area contributed by atoms with Gasteiger partial charge in [0.15, 0.2) is 5.96 Å². The fourth-order valence-corrected chi connectivity index (χ4v) is 1.48. The van der Waals surface area contributed by atoms with Crippen LogP contribution in [0.4, 0.5) is 4.39 Å². The molecule has 0 unspecified atom stereocenters. The molecule has 0 spiro atoms. The molecule has 0 radical (unpaired) electrons. The minimum atomic E-state index is -0.248. The van der Waals surface area contributed by atoms with Gasteiger partial charge >= 0.3 is 0 Å². The maximum absolute atomic E-state index is 12.8. The lowest BCUT2D eigenvalue weighted by atomic mass is 10.1. The number of halogens is 1. The summed E-state index contributed by atoms with van der Waals surface area (Å²) < 4.78 is 18.1. The molecule has 0 aliphatic rings. The minimum absolute atomic E-state index is 0.138. The Morgan fingerprint density at radius 3 is 2.53 bits per heavy atom. The van der Waals surface area contributed by atoms with Gasteiger partial charge in [0.05, 0.1) is 6.10 Å². The summed E-state index contributed by atoms with van der Waals surface area (Å²) in [6.07, 6.45) is -0.138. The van der Waals surface area contributed by atoms with Crippen molar-refractivity contribution in [2.24, 2.45) is 4.99 Å². The normalized spacial score (nSPS) is 13.3. The summed E-state index contributed by atoms with van der Waals surface area (Å²) in [5.74, 6) is 0.441. The molecule has 0 amide bonds. The lowest BCUT2D eigenvalue weighted by molar-refractivity contribution is 0.106. The molecule has 0 saturated heterocycles. The predicted molar refractivity (Wildman–Crippen MR) is 66.6 cm³/mol. The van der Waals surface area contributed by atoms with Crippen molar-refractivity contribution in [1.82, 2.24) is 10.6 Å². The Balaban J connectivity index is 2.62. The number of methoxy groups -OCH3 is 1. The van der Waals surface area contributed by atoms with Crippen LogP contribution in [0.25, 0.3) is 0 Å². The van der Waals surface area contributed by atoms with E-state index < -0.39 is 0 Å². The Bertz CT molecular complexity index is 365. The van der Waals surface area contributed by atoms with Crippen LogP contribution in [-0.2, 0) is 4.74 Å². The van der Waals surface area contributed by atoms with Crippen molar-refractivity contribution in [2.75, 3.05) is 27.7 Å². The van der Waals surface area contributed by atoms with E-state index in [1.807, 2.05) is 0 Å². The van der Waals surface area contributed by atoms with Gasteiger partial charge in [-0.25, -0.2) is 4.39 Å². The third kappa shape index (κ3) is 4.03. The zero-order valence-corrected chi connectivity index (χ0v) is 10.3. The summed E-state index contributed by atoms with van der Waals surface area (Å²) in [5.41, 5.74) is 0.924. The van der Waals surface area contributed by atoms with Crippen LogP contribution in [0.1, 0.15) is 11.7 Å². The van der Waals surface area contributed by atoms with Crippen LogP contribution in [0.15, 0.2) is 29.3 Å². The highest BCUT2D eigenvalue weighted by atomic mass is 19.1. The Labute approximate surface area is 101 Å². The van der Waals surface area contributed by atoms with Gasteiger partial charge in [0.1, 0.15) is 5.82 Å². The van der Waals surface area contributed by atoms with E-state index in [0.717, 1.165) is 5.56 Å². The lowest BCUT2D eigenvalue weighted by Gasteiger charge is -2.17. The van der Waals surface area contributed by atoms with Crippen LogP contribution < -0.4 is 10.6 Å². The highest BCUT2D eigenvalue weighted by Crippen LogP contribution is 2.15. The van der Waals surface area contributed by atoms with Crippen molar-refractivity contribution >= 4 is 5.96 Å². The topological polar surface area (TPSA) is 45.7 Å². The zero-order valence-electron chi connectivity index (χ0n) is 10.3. The van der Waals surface area contributed by atoms with Crippen LogP contribution >= 0.6 is 0 Å². The standard InChI is InChI=1S/C12H18FN3O/c1-14-12(15-2)16-8-11(17-3)9-4-6-10(13)7-5-9/h4-7,11H,8H2,1-3H3,(H2,14,15,16)/t11-/m1/s1. The summed E-state index contributed by atoms with van der Waals surface area (Å²) in [4.78, 5) is 4.00. The van der Waals surface area contributed by atoms with Gasteiger partial charge in [-0.1, -0.05) is 12.1 Å². The van der Waals surface area contributed by atoms with Crippen molar-refractivity contribution in [3.05, 3.63) is 35.6 Å². The predicted octanol–water partition coefficient (Wildman–Crippen LogP) is 1.31. The molecule has 0 aromatic heterocycles. The zero-order chi connectivity index (χ0) is 12.7. The van der Waals surface area contributed by atoms with Gasteiger partial charge in [-0.2, -0.15) is 0 Å². The molecule has 94 valence electrons. The Kier molecular flexibility index (Phi) is 5.42. The van der Waals surface area contributed by atoms with E-state index in [9.17, 15) is 4.39 Å². The molecule has 5 heteroatoms. The van der Waals surface area contributed by atoms with E-state index >= 15 is 0 Å². The third-order valence-electron chi connectivity index (χ3n) is 2.44. The molecule has 0 saturated carbocycles. The quantitative estimate of drug-likeness (QED) is 0.615. The molecule has 0 heterocycles. The van der Waals surface area contributed by atoms with Crippen LogP contribution in [0, 0.1) is 5.82 Å². The van der Waals surface area contributed by atoms with Gasteiger partial charge in [-0.15, -0.1) is 0 Å². The second-order valence-electron chi connectivity index (χ2n) is 3.48. The number of nitrogens with one attached hydrogen (secondary N) is 2. The van der Waals surface area contributed by atoms with Gasteiger partial charge < -0.3 is 15.4 Å². The number of aliphatic imine (C=N–C) groups is 1. The largest absolute Gasteiger partial charge is 0.375 e. The minimum Gasteiger partial charge on any atom is -0.375 e. The van der Waals surface area contributed by atoms with Crippen molar-refractivity contribution in [3.8, 4) is 0 Å². The van der Waals surface area contributed by atoms with Crippen LogP contribution in [0.3, 0.4) is 0 Å². The van der Waals surface area contributed by atoms with E-state index in [0.29, 0.717) is 12.5 Å². The molecule has 0 bridgehead atoms. The highest BCUT2D eigenvalue weighted by Gasteiger charge is 2.10. The number of ether oxygens (including phenoxy) is 1. The van der Waals surface area contributed by atoms with Gasteiger partial charge in [0.2, 0.25) is 0 Å². The van der Waals surface area contributed by atoms with Gasteiger partial charge in [0.25, 0.3) is 0 Å². The summed E-state index contributed by atoms with van der Waals surface area (Å²) in [6, 6.07) is 6.28. The van der Waals surface area contributed by atoms with Crippen LogP contribution in [-0.4, -0.2) is 33.7 Å². The molecule has 0 fully saturated rings. The first-order chi connectivity index (χ1) is 8.21. The lowest BCUT2D eigenvalue weighted by Crippen LogP contribution is -2.37. The Morgan fingerprint density at radius 2 is 2.06 bits per heavy atom. The average molecular weight is 239 g/mol. The smallest absolute Gasteiger partial charge is 0.190 e. The van der Waals surface area contributed by atoms with E-state index in [2.05, 4.69) is 15.6 Å². The molecule has 4 nitrogen and oxygen atoms in total. The number of hydrogen-bond acceptors (Lipinski definition) is 2. The first kappa shape index (κ1) is 13.4. The van der Waals surface area contributed by atoms with E-state index in [1.165, 1.54) is 12.1 Å². The monoisotopic (exact) mass is 239 g/mol. The van der Waals surface area contributed by atoms with Crippen molar-refractivity contribution in [2.45, 2.75) is 6.10 Å². The summed E-state index contributed by atoms with van der Waals surface area (Å²) in [5, 5.41) is 6.02. The molecule has 1 aromatic rings. The number of benzene rings is 1. The van der Waals surface area contributed by atoms with Crippen molar-refractivity contribution < 1.29 is 9.13 Å². The molecule has 1 aromatic carbocycles. The van der Waals surface area contributed by atoms with E-state index in [4.69, 9.17) is 4.74 Å². The SMILES string of the molecule is CN=C(NC)NC[C@@H](OC)c1ccc(F)cc1. The molecule has 17 heavy (non-hydrogen) atoms. The number of hydrogen-bond donors (Lipinski definition) is 2. The number of guanidine groups is 1. The molecule has 0 aliphatic carbocycles. The molecule has 2 N–H and O–H groups in total. The van der Waals surface area contributed by atoms with Gasteiger partial charge in [-0.05, 0) is 17.7 Å². The maximum Gasteiger partial charge on any atom is 0.190 e. The summed E-state index contributed by atoms with van der Waals surface area (Å²) in [7, 11) is 5.10. The fraction of sp³-hybridized carbons (Fsp3) is 0.417. The fourth-order valence-electron chi connectivity index (χ4n) is 1.48. The average Bonchev–Trinajstić information content (AvgIpc) is 2.36. The Morgan fingerprint density at radius 1 is 1.41 bits per heavy atom. The molecular formula is C12H18FN3O. The second kappa shape index (κ2) is 6.85. The number of nitrogens with zero attached hydrogens (tertiary/aromatic N) is 1. The summed E-state index contributed by atoms with van der Waals surface area (Å²) >= 11 is 0. The second-order valence-corrected chi connectivity index (χ2v) is 3.48. The van der Waals surface area contributed by atoms with Crippen molar-refractivity contribution in [3.63, 3.8) is 0 Å². The molecule has 1 rings (SSSR count). The maximum atomic E-state index is 12.8. The summed E-state index contributed by atoms with van der Waals surface area (Å²) in [6.45, 7) is 0.565. The third-order valence-corrected chi connectivity index (χ3v) is 2.44. The highest BCUT2D eigenvalue weighted by molar-refractivity contribution is 5.79. The Hall–Kier alpha value is -1.62. The first-order valence-corrected chi connectivity index (χ1v) is 5.38. The van der Waals surface area contributed by atoms with E-state index in [-0.39, 0.29) is 11.9 Å². The van der Waals surface area contributed by atoms with E-state index in [1.54, 1.807) is 33.3 Å². The molecule has 0 aliphatic heterocycles. The van der Waals surface area contributed by atoms with Crippen molar-refractivity contribution in [1.29, 1.82) is 0 Å². The number of rotatable bonds is 4. The van der Waals surface area contributed by atoms with Crippen LogP contribution in [0.2, 0.25) is 0 Å².